The summed E-state index contributed by atoms with van der Waals surface area (Å²) in [5, 5.41) is 7.77. The lowest BCUT2D eigenvalue weighted by molar-refractivity contribution is 0.340. The summed E-state index contributed by atoms with van der Waals surface area (Å²) in [4.78, 5) is 2.42. The Hall–Kier alpha value is -0.870. The molecule has 0 spiro atoms. The Balaban J connectivity index is 1.96. The molecule has 2 rings (SSSR count). The van der Waals surface area contributed by atoms with E-state index >= 15 is 0 Å². The zero-order chi connectivity index (χ0) is 13.1. The topological polar surface area (TPSA) is 41.3 Å². The van der Waals surface area contributed by atoms with Gasteiger partial charge in [0.15, 0.2) is 0 Å². The molecule has 0 radical (unpaired) electrons. The van der Waals surface area contributed by atoms with Crippen LogP contribution in [0.25, 0.3) is 0 Å². The van der Waals surface area contributed by atoms with Gasteiger partial charge < -0.3 is 14.7 Å². The third-order valence-corrected chi connectivity index (χ3v) is 3.96. The highest BCUT2D eigenvalue weighted by molar-refractivity contribution is 5.24. The summed E-state index contributed by atoms with van der Waals surface area (Å²) in [6.07, 6.45) is 3.77. The molecule has 1 fully saturated rings. The fraction of sp³-hybridized carbons (Fsp3) is 0.786. The first-order chi connectivity index (χ1) is 8.58. The van der Waals surface area contributed by atoms with Gasteiger partial charge in [0.1, 0.15) is 5.76 Å². The molecule has 2 heterocycles. The average Bonchev–Trinajstić information content (AvgIpc) is 2.52. The highest BCUT2D eigenvalue weighted by Crippen LogP contribution is 2.23. The Morgan fingerprint density at radius 2 is 2.11 bits per heavy atom. The molecular formula is C14H25N3O. The van der Waals surface area contributed by atoms with E-state index in [2.05, 4.69) is 29.3 Å². The van der Waals surface area contributed by atoms with Gasteiger partial charge in [-0.25, -0.2) is 0 Å². The fourth-order valence-corrected chi connectivity index (χ4v) is 2.95. The monoisotopic (exact) mass is 251 g/mol. The Labute approximate surface area is 110 Å². The van der Waals surface area contributed by atoms with E-state index < -0.39 is 0 Å². The Kier molecular flexibility index (Phi) is 4.40. The SMILES string of the molecule is Cc1noc(C)c1C(C)NC1CCCN(C)CC1. The molecule has 2 atom stereocenters. The Morgan fingerprint density at radius 3 is 2.78 bits per heavy atom. The maximum absolute atomic E-state index is 5.25. The zero-order valence-electron chi connectivity index (χ0n) is 12.0. The number of rotatable bonds is 3. The molecule has 1 aromatic rings. The van der Waals surface area contributed by atoms with Gasteiger partial charge in [-0.3, -0.25) is 0 Å². The highest BCUT2D eigenvalue weighted by atomic mass is 16.5. The van der Waals surface area contributed by atoms with Crippen LogP contribution in [0.5, 0.6) is 0 Å². The average molecular weight is 251 g/mol. The third kappa shape index (κ3) is 3.12. The molecule has 1 aliphatic heterocycles. The second-order valence-corrected chi connectivity index (χ2v) is 5.56. The molecule has 1 aliphatic rings. The summed E-state index contributed by atoms with van der Waals surface area (Å²) in [5.41, 5.74) is 2.24. The first-order valence-corrected chi connectivity index (χ1v) is 6.95. The summed E-state index contributed by atoms with van der Waals surface area (Å²) in [6, 6.07) is 0.934. The van der Waals surface area contributed by atoms with Crippen LogP contribution >= 0.6 is 0 Å². The number of nitrogens with zero attached hydrogens (tertiary/aromatic N) is 2. The highest BCUT2D eigenvalue weighted by Gasteiger charge is 2.21. The van der Waals surface area contributed by atoms with Crippen LogP contribution in [0.15, 0.2) is 4.52 Å². The third-order valence-electron chi connectivity index (χ3n) is 3.96. The minimum Gasteiger partial charge on any atom is -0.361 e. The van der Waals surface area contributed by atoms with Crippen molar-refractivity contribution in [3.63, 3.8) is 0 Å². The molecule has 1 aromatic heterocycles. The minimum atomic E-state index is 0.324. The van der Waals surface area contributed by atoms with Gasteiger partial charge in [0.25, 0.3) is 0 Å². The molecule has 18 heavy (non-hydrogen) atoms. The Bertz CT molecular complexity index is 369. The van der Waals surface area contributed by atoms with E-state index in [0.717, 1.165) is 11.5 Å². The second kappa shape index (κ2) is 5.85. The van der Waals surface area contributed by atoms with Crippen LogP contribution < -0.4 is 5.32 Å². The van der Waals surface area contributed by atoms with Gasteiger partial charge in [0, 0.05) is 17.6 Å². The maximum Gasteiger partial charge on any atom is 0.138 e. The van der Waals surface area contributed by atoms with E-state index in [9.17, 15) is 0 Å². The van der Waals surface area contributed by atoms with E-state index in [4.69, 9.17) is 4.52 Å². The molecule has 0 bridgehead atoms. The molecule has 0 amide bonds. The standard InChI is InChI=1S/C14H25N3O/c1-10(14-11(2)16-18-12(14)3)15-13-6-5-8-17(4)9-7-13/h10,13,15H,5-9H2,1-4H3. The first-order valence-electron chi connectivity index (χ1n) is 6.95. The molecule has 0 saturated carbocycles. The van der Waals surface area contributed by atoms with Crippen molar-refractivity contribution in [2.24, 2.45) is 0 Å². The van der Waals surface area contributed by atoms with Crippen LogP contribution in [0.4, 0.5) is 0 Å². The summed E-state index contributed by atoms with van der Waals surface area (Å²) in [7, 11) is 2.21. The molecule has 1 N–H and O–H groups in total. The van der Waals surface area contributed by atoms with E-state index in [1.807, 2.05) is 13.8 Å². The molecule has 0 aromatic carbocycles. The predicted molar refractivity (Wildman–Crippen MR) is 72.7 cm³/mol. The molecule has 0 aliphatic carbocycles. The number of aryl methyl sites for hydroxylation is 2. The van der Waals surface area contributed by atoms with Crippen molar-refractivity contribution in [3.05, 3.63) is 17.0 Å². The smallest absolute Gasteiger partial charge is 0.138 e. The van der Waals surface area contributed by atoms with E-state index in [1.54, 1.807) is 0 Å². The molecule has 2 unspecified atom stereocenters. The lowest BCUT2D eigenvalue weighted by Crippen LogP contribution is -2.32. The van der Waals surface area contributed by atoms with Crippen LogP contribution in [0.1, 0.15) is 49.2 Å². The van der Waals surface area contributed by atoms with Crippen molar-refractivity contribution in [2.75, 3.05) is 20.1 Å². The van der Waals surface area contributed by atoms with Crippen molar-refractivity contribution in [2.45, 2.75) is 52.1 Å². The van der Waals surface area contributed by atoms with Crippen LogP contribution in [0.2, 0.25) is 0 Å². The van der Waals surface area contributed by atoms with Crippen LogP contribution in [0, 0.1) is 13.8 Å². The summed E-state index contributed by atoms with van der Waals surface area (Å²) in [6.45, 7) is 8.63. The second-order valence-electron chi connectivity index (χ2n) is 5.56. The van der Waals surface area contributed by atoms with E-state index in [-0.39, 0.29) is 0 Å². The molecule has 102 valence electrons. The van der Waals surface area contributed by atoms with Crippen molar-refractivity contribution >= 4 is 0 Å². The van der Waals surface area contributed by atoms with E-state index in [0.29, 0.717) is 12.1 Å². The largest absolute Gasteiger partial charge is 0.361 e. The predicted octanol–water partition coefficient (Wildman–Crippen LogP) is 2.43. The minimum absolute atomic E-state index is 0.324. The first kappa shape index (κ1) is 13.6. The number of hydrogen-bond donors (Lipinski definition) is 1. The number of nitrogens with one attached hydrogen (secondary N) is 1. The number of aromatic nitrogens is 1. The summed E-state index contributed by atoms with van der Waals surface area (Å²) >= 11 is 0. The van der Waals surface area contributed by atoms with Gasteiger partial charge in [-0.1, -0.05) is 5.16 Å². The Morgan fingerprint density at radius 1 is 1.33 bits per heavy atom. The van der Waals surface area contributed by atoms with Crippen LogP contribution in [0.3, 0.4) is 0 Å². The lowest BCUT2D eigenvalue weighted by atomic mass is 10.0. The zero-order valence-corrected chi connectivity index (χ0v) is 12.0. The van der Waals surface area contributed by atoms with Gasteiger partial charge in [0.2, 0.25) is 0 Å². The van der Waals surface area contributed by atoms with Crippen molar-refractivity contribution in [3.8, 4) is 0 Å². The molecular weight excluding hydrogens is 226 g/mol. The van der Waals surface area contributed by atoms with Crippen LogP contribution in [-0.4, -0.2) is 36.2 Å². The van der Waals surface area contributed by atoms with Gasteiger partial charge in [0.05, 0.1) is 5.69 Å². The van der Waals surface area contributed by atoms with Gasteiger partial charge in [-0.05, 0) is 60.2 Å². The van der Waals surface area contributed by atoms with Gasteiger partial charge in [-0.15, -0.1) is 0 Å². The van der Waals surface area contributed by atoms with Crippen molar-refractivity contribution in [1.29, 1.82) is 0 Å². The van der Waals surface area contributed by atoms with Gasteiger partial charge in [-0.2, -0.15) is 0 Å². The molecule has 4 heteroatoms. The van der Waals surface area contributed by atoms with E-state index in [1.165, 1.54) is 37.9 Å². The van der Waals surface area contributed by atoms with Gasteiger partial charge >= 0.3 is 0 Å². The number of likely N-dealkylation sites (tertiary alicyclic amines) is 1. The quantitative estimate of drug-likeness (QED) is 0.896. The summed E-state index contributed by atoms with van der Waals surface area (Å²) in [5.74, 6) is 0.943. The lowest BCUT2D eigenvalue weighted by Gasteiger charge is -2.22. The van der Waals surface area contributed by atoms with Crippen LogP contribution in [-0.2, 0) is 0 Å². The molecule has 1 saturated heterocycles. The van der Waals surface area contributed by atoms with Crippen molar-refractivity contribution in [1.82, 2.24) is 15.4 Å². The maximum atomic E-state index is 5.25. The normalized spacial score (nSPS) is 23.9. The summed E-state index contributed by atoms with van der Waals surface area (Å²) < 4.78 is 5.25. The molecule has 4 nitrogen and oxygen atoms in total. The van der Waals surface area contributed by atoms with Crippen molar-refractivity contribution < 1.29 is 4.52 Å². The number of hydrogen-bond acceptors (Lipinski definition) is 4. The fourth-order valence-electron chi connectivity index (χ4n) is 2.95.